The largest absolute Gasteiger partial charge is 0.348 e. The minimum absolute atomic E-state index is 0.206. The summed E-state index contributed by atoms with van der Waals surface area (Å²) in [5.74, 6) is -1.23. The van der Waals surface area contributed by atoms with E-state index in [0.29, 0.717) is 28.6 Å². The summed E-state index contributed by atoms with van der Waals surface area (Å²) in [6.45, 7) is 5.99. The molecule has 1 aliphatic rings. The van der Waals surface area contributed by atoms with Crippen molar-refractivity contribution in [3.8, 4) is 0 Å². The van der Waals surface area contributed by atoms with Gasteiger partial charge in [-0.3, -0.25) is 0 Å². The number of aryl methyl sites for hydroxylation is 1. The third-order valence-electron chi connectivity index (χ3n) is 4.48. The number of hydrogen-bond acceptors (Lipinski definition) is 8. The first-order chi connectivity index (χ1) is 12.6. The van der Waals surface area contributed by atoms with Crippen LogP contribution in [0.25, 0.3) is 11.2 Å². The highest BCUT2D eigenvalue weighted by Gasteiger charge is 2.40. The molecule has 4 heterocycles. The molecule has 0 atom stereocenters. The van der Waals surface area contributed by atoms with E-state index in [2.05, 4.69) is 35.8 Å². The van der Waals surface area contributed by atoms with Crippen LogP contribution in [0.4, 0.5) is 14.6 Å². The van der Waals surface area contributed by atoms with Gasteiger partial charge in [0.05, 0.1) is 6.54 Å². The van der Waals surface area contributed by atoms with Crippen LogP contribution in [0.15, 0.2) is 0 Å². The molecule has 0 spiro atoms. The Morgan fingerprint density at radius 1 is 1.11 bits per heavy atom. The van der Waals surface area contributed by atoms with Gasteiger partial charge in [0.2, 0.25) is 0 Å². The Bertz CT molecular complexity index is 986. The fourth-order valence-corrected chi connectivity index (χ4v) is 2.94. The van der Waals surface area contributed by atoms with E-state index in [0.717, 1.165) is 0 Å². The molecule has 0 aromatic carbocycles. The molecular formula is C15H20F2N10. The molecule has 1 fully saturated rings. The van der Waals surface area contributed by atoms with Gasteiger partial charge in [-0.25, -0.2) is 28.1 Å². The molecule has 4 rings (SSSR count). The second-order valence-corrected chi connectivity index (χ2v) is 7.79. The van der Waals surface area contributed by atoms with Crippen molar-refractivity contribution in [1.82, 2.24) is 45.2 Å². The zero-order valence-corrected chi connectivity index (χ0v) is 15.6. The van der Waals surface area contributed by atoms with E-state index >= 15 is 0 Å². The smallest absolute Gasteiger partial charge is 0.266 e. The van der Waals surface area contributed by atoms with Gasteiger partial charge in [0.1, 0.15) is 12.4 Å². The minimum Gasteiger partial charge on any atom is -0.348 e. The van der Waals surface area contributed by atoms with Gasteiger partial charge in [-0.05, 0) is 10.4 Å². The van der Waals surface area contributed by atoms with Crippen LogP contribution in [0.1, 0.15) is 38.8 Å². The average Bonchev–Trinajstić information content (AvgIpc) is 3.26. The molecule has 1 aliphatic heterocycles. The number of anilines is 1. The maximum Gasteiger partial charge on any atom is 0.266 e. The Labute approximate surface area is 153 Å². The van der Waals surface area contributed by atoms with Crippen LogP contribution < -0.4 is 4.90 Å². The molecule has 0 N–H and O–H groups in total. The number of rotatable bonds is 3. The van der Waals surface area contributed by atoms with Crippen molar-refractivity contribution in [2.24, 2.45) is 7.05 Å². The van der Waals surface area contributed by atoms with Gasteiger partial charge >= 0.3 is 0 Å². The topological polar surface area (TPSA) is 103 Å². The van der Waals surface area contributed by atoms with Gasteiger partial charge < -0.3 is 4.90 Å². The Balaban J connectivity index is 1.84. The lowest BCUT2D eigenvalue weighted by atomic mass is 9.96. The minimum atomic E-state index is -2.74. The molecule has 10 nitrogen and oxygen atoms in total. The third-order valence-corrected chi connectivity index (χ3v) is 4.48. The number of hydrogen-bond donors (Lipinski definition) is 0. The first kappa shape index (κ1) is 17.6. The molecule has 144 valence electrons. The summed E-state index contributed by atoms with van der Waals surface area (Å²) in [5.41, 5.74) is 0.506. The second-order valence-electron chi connectivity index (χ2n) is 7.79. The monoisotopic (exact) mass is 378 g/mol. The van der Waals surface area contributed by atoms with E-state index in [4.69, 9.17) is 0 Å². The molecule has 3 aromatic rings. The average molecular weight is 378 g/mol. The highest BCUT2D eigenvalue weighted by molar-refractivity contribution is 5.83. The molecule has 0 amide bonds. The van der Waals surface area contributed by atoms with Crippen molar-refractivity contribution in [3.63, 3.8) is 0 Å². The summed E-state index contributed by atoms with van der Waals surface area (Å²) in [6.07, 6.45) is -0.206. The summed E-state index contributed by atoms with van der Waals surface area (Å²) >= 11 is 0. The van der Waals surface area contributed by atoms with E-state index in [-0.39, 0.29) is 31.5 Å². The Hall–Kier alpha value is -2.79. The molecule has 0 radical (unpaired) electrons. The van der Waals surface area contributed by atoms with Gasteiger partial charge in [0, 0.05) is 25.4 Å². The predicted octanol–water partition coefficient (Wildman–Crippen LogP) is 0.936. The zero-order valence-electron chi connectivity index (χ0n) is 15.6. The Morgan fingerprint density at radius 3 is 2.48 bits per heavy atom. The standard InChI is InChI=1S/C15H20F2N10/c1-14(2,3)13-18-11(26-6-5-15(16,17)8-26)10-12(19-13)27(23-21-10)7-9-20-22-24-25(9)4/h5-8H2,1-4H3. The van der Waals surface area contributed by atoms with E-state index in [9.17, 15) is 8.78 Å². The quantitative estimate of drug-likeness (QED) is 0.663. The molecular weight excluding hydrogens is 358 g/mol. The molecule has 27 heavy (non-hydrogen) atoms. The van der Waals surface area contributed by atoms with Crippen molar-refractivity contribution in [1.29, 1.82) is 0 Å². The van der Waals surface area contributed by atoms with Crippen LogP contribution in [0.2, 0.25) is 0 Å². The lowest BCUT2D eigenvalue weighted by molar-refractivity contribution is 0.0257. The molecule has 0 saturated carbocycles. The predicted molar refractivity (Wildman–Crippen MR) is 91.5 cm³/mol. The molecule has 1 saturated heterocycles. The number of tetrazole rings is 1. The molecule has 0 bridgehead atoms. The van der Waals surface area contributed by atoms with E-state index < -0.39 is 5.92 Å². The maximum absolute atomic E-state index is 13.8. The van der Waals surface area contributed by atoms with Crippen LogP contribution in [-0.2, 0) is 19.0 Å². The first-order valence-corrected chi connectivity index (χ1v) is 8.60. The SMILES string of the molecule is Cn1nnnc1Cn1nnc2c(N3CCC(F)(F)C3)nc(C(C)(C)C)nc21. The Kier molecular flexibility index (Phi) is 3.82. The Morgan fingerprint density at radius 2 is 1.89 bits per heavy atom. The first-order valence-electron chi connectivity index (χ1n) is 8.60. The van der Waals surface area contributed by atoms with Crippen molar-refractivity contribution < 1.29 is 8.78 Å². The number of aromatic nitrogens is 9. The normalized spacial score (nSPS) is 17.2. The van der Waals surface area contributed by atoms with Gasteiger partial charge in [-0.15, -0.1) is 10.2 Å². The third kappa shape index (κ3) is 3.19. The van der Waals surface area contributed by atoms with Crippen molar-refractivity contribution in [3.05, 3.63) is 11.6 Å². The molecule has 12 heteroatoms. The van der Waals surface area contributed by atoms with E-state index in [1.54, 1.807) is 16.6 Å². The van der Waals surface area contributed by atoms with Crippen LogP contribution in [-0.4, -0.2) is 64.2 Å². The zero-order chi connectivity index (χ0) is 19.4. The van der Waals surface area contributed by atoms with E-state index in [1.807, 2.05) is 20.8 Å². The number of alkyl halides is 2. The number of halogens is 2. The van der Waals surface area contributed by atoms with Gasteiger partial charge in [-0.1, -0.05) is 26.0 Å². The summed E-state index contributed by atoms with van der Waals surface area (Å²) in [4.78, 5) is 10.7. The molecule has 0 aliphatic carbocycles. The summed E-state index contributed by atoms with van der Waals surface area (Å²) in [5, 5.41) is 19.7. The highest BCUT2D eigenvalue weighted by atomic mass is 19.3. The fourth-order valence-electron chi connectivity index (χ4n) is 2.94. The van der Waals surface area contributed by atoms with Crippen LogP contribution in [0.3, 0.4) is 0 Å². The maximum atomic E-state index is 13.8. The number of nitrogens with zero attached hydrogens (tertiary/aromatic N) is 10. The summed E-state index contributed by atoms with van der Waals surface area (Å²) in [7, 11) is 1.72. The highest BCUT2D eigenvalue weighted by Crippen LogP contribution is 2.34. The van der Waals surface area contributed by atoms with Crippen molar-refractivity contribution in [2.75, 3.05) is 18.0 Å². The van der Waals surface area contributed by atoms with Crippen molar-refractivity contribution in [2.45, 2.75) is 45.1 Å². The van der Waals surface area contributed by atoms with Gasteiger partial charge in [0.15, 0.2) is 22.8 Å². The summed E-state index contributed by atoms with van der Waals surface area (Å²) in [6, 6.07) is 0. The lowest BCUT2D eigenvalue weighted by Crippen LogP contribution is -2.27. The van der Waals surface area contributed by atoms with Crippen LogP contribution in [0.5, 0.6) is 0 Å². The molecule has 3 aromatic heterocycles. The van der Waals surface area contributed by atoms with Gasteiger partial charge in [-0.2, -0.15) is 0 Å². The second kappa shape index (κ2) is 5.86. The fraction of sp³-hybridized carbons (Fsp3) is 0.667. The molecule has 0 unspecified atom stereocenters. The van der Waals surface area contributed by atoms with Crippen LogP contribution >= 0.6 is 0 Å². The van der Waals surface area contributed by atoms with Crippen LogP contribution in [0, 0.1) is 0 Å². The summed E-state index contributed by atoms with van der Waals surface area (Å²) < 4.78 is 30.6. The van der Waals surface area contributed by atoms with Gasteiger partial charge in [0.25, 0.3) is 5.92 Å². The van der Waals surface area contributed by atoms with E-state index in [1.165, 1.54) is 4.68 Å². The lowest BCUT2D eigenvalue weighted by Gasteiger charge is -2.22. The van der Waals surface area contributed by atoms with Crippen molar-refractivity contribution >= 4 is 17.0 Å². The number of fused-ring (bicyclic) bond motifs is 1.